The van der Waals surface area contributed by atoms with Crippen molar-refractivity contribution in [2.24, 2.45) is 5.92 Å². The number of carbonyl (C=O) groups is 1. The van der Waals surface area contributed by atoms with Crippen molar-refractivity contribution in [2.75, 3.05) is 0 Å². The zero-order valence-corrected chi connectivity index (χ0v) is 12.9. The summed E-state index contributed by atoms with van der Waals surface area (Å²) < 4.78 is 2.24. The van der Waals surface area contributed by atoms with E-state index in [1.54, 1.807) is 12.1 Å². The van der Waals surface area contributed by atoms with Crippen molar-refractivity contribution < 1.29 is 9.90 Å². The van der Waals surface area contributed by atoms with Crippen molar-refractivity contribution >= 4 is 17.0 Å². The Bertz CT molecular complexity index is 691. The molecule has 1 N–H and O–H groups in total. The number of imidazole rings is 1. The van der Waals surface area contributed by atoms with Crippen molar-refractivity contribution in [3.8, 4) is 0 Å². The van der Waals surface area contributed by atoms with E-state index in [0.29, 0.717) is 11.5 Å². The molecule has 21 heavy (non-hydrogen) atoms. The second kappa shape index (κ2) is 4.86. The van der Waals surface area contributed by atoms with Crippen LogP contribution >= 0.6 is 0 Å². The summed E-state index contributed by atoms with van der Waals surface area (Å²) in [6.07, 6.45) is 3.84. The van der Waals surface area contributed by atoms with Crippen LogP contribution in [-0.2, 0) is 12.0 Å². The molecular formula is C17H22N2O2. The molecule has 1 heterocycles. The number of hydrogen-bond donors (Lipinski definition) is 1. The fourth-order valence-electron chi connectivity index (χ4n) is 2.95. The van der Waals surface area contributed by atoms with E-state index in [1.165, 1.54) is 19.3 Å². The fraction of sp³-hybridized carbons (Fsp3) is 0.529. The highest BCUT2D eigenvalue weighted by atomic mass is 16.4. The standard InChI is InChI=1S/C17H22N2O2/c1-17(2,3)16-18-13-8-7-12(15(20)21)9-14(13)19(16)10-11-5-4-6-11/h7-9,11H,4-6,10H2,1-3H3,(H,20,21). The molecule has 0 amide bonds. The van der Waals surface area contributed by atoms with Gasteiger partial charge in [-0.3, -0.25) is 0 Å². The number of aromatic nitrogens is 2. The summed E-state index contributed by atoms with van der Waals surface area (Å²) in [6, 6.07) is 5.22. The molecule has 1 aromatic heterocycles. The summed E-state index contributed by atoms with van der Waals surface area (Å²) in [5, 5.41) is 9.21. The highest BCUT2D eigenvalue weighted by Gasteiger charge is 2.26. The molecule has 0 atom stereocenters. The molecule has 3 rings (SSSR count). The number of hydrogen-bond acceptors (Lipinski definition) is 2. The second-order valence-electron chi connectivity index (χ2n) is 7.10. The van der Waals surface area contributed by atoms with Crippen LogP contribution in [-0.4, -0.2) is 20.6 Å². The van der Waals surface area contributed by atoms with Crippen LogP contribution in [0.15, 0.2) is 18.2 Å². The van der Waals surface area contributed by atoms with Crippen molar-refractivity contribution in [3.63, 3.8) is 0 Å². The first-order valence-corrected chi connectivity index (χ1v) is 7.60. The average molecular weight is 286 g/mol. The molecule has 1 aromatic carbocycles. The van der Waals surface area contributed by atoms with E-state index < -0.39 is 5.97 Å². The van der Waals surface area contributed by atoms with Crippen LogP contribution in [0.25, 0.3) is 11.0 Å². The highest BCUT2D eigenvalue weighted by molar-refractivity contribution is 5.92. The molecule has 112 valence electrons. The number of carboxylic acids is 1. The minimum Gasteiger partial charge on any atom is -0.478 e. The molecule has 1 aliphatic carbocycles. The summed E-state index contributed by atoms with van der Waals surface area (Å²) in [6.45, 7) is 7.42. The highest BCUT2D eigenvalue weighted by Crippen LogP contribution is 2.33. The fourth-order valence-corrected chi connectivity index (χ4v) is 2.95. The van der Waals surface area contributed by atoms with Crippen LogP contribution in [0.5, 0.6) is 0 Å². The molecule has 1 saturated carbocycles. The number of fused-ring (bicyclic) bond motifs is 1. The summed E-state index contributed by atoms with van der Waals surface area (Å²) in [5.41, 5.74) is 2.13. The molecule has 0 unspecified atom stereocenters. The van der Waals surface area contributed by atoms with Crippen LogP contribution in [0.3, 0.4) is 0 Å². The topological polar surface area (TPSA) is 55.1 Å². The number of nitrogens with zero attached hydrogens (tertiary/aromatic N) is 2. The van der Waals surface area contributed by atoms with Gasteiger partial charge in [-0.25, -0.2) is 9.78 Å². The van der Waals surface area contributed by atoms with Gasteiger partial charge in [0.25, 0.3) is 0 Å². The lowest BCUT2D eigenvalue weighted by Gasteiger charge is -2.29. The Hall–Kier alpha value is -1.84. The minimum absolute atomic E-state index is 0.0495. The maximum absolute atomic E-state index is 11.2. The molecule has 0 bridgehead atoms. The quantitative estimate of drug-likeness (QED) is 0.933. The molecule has 1 aliphatic rings. The smallest absolute Gasteiger partial charge is 0.335 e. The Morgan fingerprint density at radius 2 is 2.10 bits per heavy atom. The second-order valence-corrected chi connectivity index (χ2v) is 7.10. The third kappa shape index (κ3) is 2.55. The number of rotatable bonds is 3. The third-order valence-corrected chi connectivity index (χ3v) is 4.33. The van der Waals surface area contributed by atoms with Gasteiger partial charge < -0.3 is 9.67 Å². The Morgan fingerprint density at radius 1 is 1.38 bits per heavy atom. The van der Waals surface area contributed by atoms with E-state index >= 15 is 0 Å². The van der Waals surface area contributed by atoms with Gasteiger partial charge in [0.05, 0.1) is 16.6 Å². The van der Waals surface area contributed by atoms with E-state index in [4.69, 9.17) is 4.98 Å². The molecular weight excluding hydrogens is 264 g/mol. The molecule has 0 radical (unpaired) electrons. The molecule has 0 saturated heterocycles. The van der Waals surface area contributed by atoms with Crippen molar-refractivity contribution in [1.29, 1.82) is 0 Å². The number of carboxylic acid groups (broad SMARTS) is 1. The Labute approximate surface area is 124 Å². The average Bonchev–Trinajstić information content (AvgIpc) is 2.71. The predicted molar refractivity (Wildman–Crippen MR) is 82.7 cm³/mol. The van der Waals surface area contributed by atoms with E-state index in [-0.39, 0.29) is 5.41 Å². The summed E-state index contributed by atoms with van der Waals surface area (Å²) in [7, 11) is 0. The van der Waals surface area contributed by atoms with Crippen LogP contribution in [0.2, 0.25) is 0 Å². The van der Waals surface area contributed by atoms with E-state index in [0.717, 1.165) is 23.4 Å². The van der Waals surface area contributed by atoms with Crippen LogP contribution < -0.4 is 0 Å². The Kier molecular flexibility index (Phi) is 3.27. The van der Waals surface area contributed by atoms with Gasteiger partial charge in [0, 0.05) is 12.0 Å². The maximum Gasteiger partial charge on any atom is 0.335 e. The van der Waals surface area contributed by atoms with Crippen molar-refractivity contribution in [1.82, 2.24) is 9.55 Å². The van der Waals surface area contributed by atoms with Crippen molar-refractivity contribution in [2.45, 2.75) is 52.0 Å². The van der Waals surface area contributed by atoms with Crippen LogP contribution in [0.4, 0.5) is 0 Å². The molecule has 4 heteroatoms. The largest absolute Gasteiger partial charge is 0.478 e. The maximum atomic E-state index is 11.2. The third-order valence-electron chi connectivity index (χ3n) is 4.33. The summed E-state index contributed by atoms with van der Waals surface area (Å²) in [4.78, 5) is 16.0. The van der Waals surface area contributed by atoms with Gasteiger partial charge in [0.1, 0.15) is 5.82 Å². The van der Waals surface area contributed by atoms with E-state index in [2.05, 4.69) is 25.3 Å². The van der Waals surface area contributed by atoms with Crippen LogP contribution in [0, 0.1) is 5.92 Å². The lowest BCUT2D eigenvalue weighted by molar-refractivity contribution is 0.0697. The lowest BCUT2D eigenvalue weighted by Crippen LogP contribution is -2.24. The molecule has 1 fully saturated rings. The first-order chi connectivity index (χ1) is 9.86. The predicted octanol–water partition coefficient (Wildman–Crippen LogP) is 3.83. The number of aromatic carboxylic acids is 1. The van der Waals surface area contributed by atoms with E-state index in [9.17, 15) is 9.90 Å². The van der Waals surface area contributed by atoms with Gasteiger partial charge >= 0.3 is 5.97 Å². The van der Waals surface area contributed by atoms with Gasteiger partial charge in [-0.15, -0.1) is 0 Å². The van der Waals surface area contributed by atoms with Gasteiger partial charge in [0.2, 0.25) is 0 Å². The Balaban J connectivity index is 2.15. The van der Waals surface area contributed by atoms with Gasteiger partial charge in [-0.05, 0) is 37.0 Å². The van der Waals surface area contributed by atoms with Gasteiger partial charge in [0.15, 0.2) is 0 Å². The normalized spacial score (nSPS) is 16.1. The van der Waals surface area contributed by atoms with E-state index in [1.807, 2.05) is 6.07 Å². The zero-order chi connectivity index (χ0) is 15.2. The molecule has 2 aromatic rings. The summed E-state index contributed by atoms with van der Waals surface area (Å²) >= 11 is 0. The van der Waals surface area contributed by atoms with Gasteiger partial charge in [-0.2, -0.15) is 0 Å². The van der Waals surface area contributed by atoms with Gasteiger partial charge in [-0.1, -0.05) is 27.2 Å². The molecule has 4 nitrogen and oxygen atoms in total. The molecule has 0 aliphatic heterocycles. The van der Waals surface area contributed by atoms with Crippen LogP contribution in [0.1, 0.15) is 56.2 Å². The zero-order valence-electron chi connectivity index (χ0n) is 12.9. The lowest BCUT2D eigenvalue weighted by atomic mass is 9.85. The Morgan fingerprint density at radius 3 is 2.62 bits per heavy atom. The van der Waals surface area contributed by atoms with Crippen molar-refractivity contribution in [3.05, 3.63) is 29.6 Å². The SMILES string of the molecule is CC(C)(C)c1nc2ccc(C(=O)O)cc2n1CC1CCC1. The monoisotopic (exact) mass is 286 g/mol. The first kappa shape index (κ1) is 14.1. The minimum atomic E-state index is -0.884. The molecule has 0 spiro atoms. The first-order valence-electron chi connectivity index (χ1n) is 7.60. The number of benzene rings is 1. The summed E-state index contributed by atoms with van der Waals surface area (Å²) in [5.74, 6) is 0.870.